The van der Waals surface area contributed by atoms with Crippen LogP contribution in [-0.4, -0.2) is 14.5 Å². The van der Waals surface area contributed by atoms with Gasteiger partial charge in [-0.15, -0.1) is 0 Å². The van der Waals surface area contributed by atoms with E-state index in [1.54, 1.807) is 13.8 Å². The maximum Gasteiger partial charge on any atom is 0.244 e. The summed E-state index contributed by atoms with van der Waals surface area (Å²) in [6.45, 7) is 3.60. The van der Waals surface area contributed by atoms with Gasteiger partial charge in [0.05, 0.1) is 0 Å². The molecular weight excluding hydrogens is 276 g/mol. The molecule has 0 amide bonds. The van der Waals surface area contributed by atoms with Crippen molar-refractivity contribution in [1.29, 1.82) is 0 Å². The summed E-state index contributed by atoms with van der Waals surface area (Å²) in [5, 5.41) is 0. The van der Waals surface area contributed by atoms with Crippen LogP contribution in [0.5, 0.6) is 0 Å². The van der Waals surface area contributed by atoms with Gasteiger partial charge in [0.1, 0.15) is 16.4 Å². The molecule has 6 heteroatoms. The quantitative estimate of drug-likeness (QED) is 0.836. The van der Waals surface area contributed by atoms with Crippen LogP contribution in [0.25, 0.3) is 0 Å². The van der Waals surface area contributed by atoms with Crippen LogP contribution >= 0.6 is 0 Å². The topological polar surface area (TPSA) is 85.3 Å². The lowest BCUT2D eigenvalue weighted by Gasteiger charge is -2.16. The van der Waals surface area contributed by atoms with Gasteiger partial charge in [0.2, 0.25) is 10.0 Å². The molecule has 1 saturated carbocycles. The molecule has 1 aliphatic rings. The van der Waals surface area contributed by atoms with Gasteiger partial charge in [-0.25, -0.2) is 13.1 Å². The smallest absolute Gasteiger partial charge is 0.244 e. The first-order valence-electron chi connectivity index (χ1n) is 7.27. The first-order valence-corrected chi connectivity index (χ1v) is 8.75. The maximum absolute atomic E-state index is 12.6. The average molecular weight is 300 g/mol. The molecule has 0 radical (unpaired) electrons. The highest BCUT2D eigenvalue weighted by molar-refractivity contribution is 7.89. The van der Waals surface area contributed by atoms with E-state index in [0.29, 0.717) is 17.1 Å². The molecule has 0 spiro atoms. The van der Waals surface area contributed by atoms with Gasteiger partial charge in [-0.3, -0.25) is 0 Å². The second-order valence-corrected chi connectivity index (χ2v) is 7.19. The first kappa shape index (κ1) is 15.5. The summed E-state index contributed by atoms with van der Waals surface area (Å²) in [5.41, 5.74) is 6.25. The number of sulfonamides is 1. The molecule has 5 nitrogen and oxygen atoms in total. The van der Waals surface area contributed by atoms with Crippen LogP contribution in [0.4, 0.5) is 0 Å². The van der Waals surface area contributed by atoms with Crippen molar-refractivity contribution in [3.8, 4) is 0 Å². The van der Waals surface area contributed by atoms with Crippen LogP contribution in [0.2, 0.25) is 0 Å². The van der Waals surface area contributed by atoms with Crippen molar-refractivity contribution < 1.29 is 12.8 Å². The Morgan fingerprint density at radius 2 is 1.75 bits per heavy atom. The molecule has 0 bridgehead atoms. The fourth-order valence-electron chi connectivity index (χ4n) is 2.97. The van der Waals surface area contributed by atoms with Crippen molar-refractivity contribution >= 4 is 10.0 Å². The number of hydrogen-bond acceptors (Lipinski definition) is 4. The van der Waals surface area contributed by atoms with E-state index in [9.17, 15) is 8.42 Å². The summed E-state index contributed by atoms with van der Waals surface area (Å²) in [6, 6.07) is 0.0303. The molecule has 0 saturated heterocycles. The van der Waals surface area contributed by atoms with Gasteiger partial charge in [0.25, 0.3) is 0 Å². The average Bonchev–Trinajstić information content (AvgIpc) is 2.54. The van der Waals surface area contributed by atoms with Crippen LogP contribution in [0.15, 0.2) is 9.31 Å². The fourth-order valence-corrected chi connectivity index (χ4v) is 4.74. The van der Waals surface area contributed by atoms with E-state index in [0.717, 1.165) is 25.7 Å². The van der Waals surface area contributed by atoms with Crippen molar-refractivity contribution in [2.75, 3.05) is 0 Å². The van der Waals surface area contributed by atoms with E-state index in [1.807, 2.05) is 0 Å². The van der Waals surface area contributed by atoms with E-state index in [1.165, 1.54) is 12.8 Å². The van der Waals surface area contributed by atoms with Gasteiger partial charge in [0, 0.05) is 18.2 Å². The zero-order valence-electron chi connectivity index (χ0n) is 12.2. The van der Waals surface area contributed by atoms with Crippen molar-refractivity contribution in [2.45, 2.75) is 69.9 Å². The Labute approximate surface area is 121 Å². The minimum Gasteiger partial charge on any atom is -0.465 e. The van der Waals surface area contributed by atoms with Crippen LogP contribution < -0.4 is 10.5 Å². The predicted octanol–water partition coefficient (Wildman–Crippen LogP) is 2.36. The Hall–Kier alpha value is -0.850. The SMILES string of the molecule is Cc1oc(C)c(S(=O)(=O)NC2CCCCCC2)c1CN. The van der Waals surface area contributed by atoms with Crippen LogP contribution in [0.1, 0.15) is 55.6 Å². The second kappa shape index (κ2) is 6.28. The molecule has 114 valence electrons. The molecule has 0 unspecified atom stereocenters. The van der Waals surface area contributed by atoms with Crippen LogP contribution in [-0.2, 0) is 16.6 Å². The van der Waals surface area contributed by atoms with Gasteiger partial charge in [-0.1, -0.05) is 25.7 Å². The number of nitrogens with one attached hydrogen (secondary N) is 1. The number of rotatable bonds is 4. The first-order chi connectivity index (χ1) is 9.45. The second-order valence-electron chi connectivity index (χ2n) is 5.54. The summed E-state index contributed by atoms with van der Waals surface area (Å²) in [5.74, 6) is 1.01. The molecule has 0 atom stereocenters. The molecule has 1 fully saturated rings. The Bertz CT molecular complexity index is 555. The summed E-state index contributed by atoms with van der Waals surface area (Å²) in [4.78, 5) is 0.238. The third-order valence-electron chi connectivity index (χ3n) is 3.97. The van der Waals surface area contributed by atoms with Crippen molar-refractivity contribution in [1.82, 2.24) is 4.72 Å². The Morgan fingerprint density at radius 1 is 1.15 bits per heavy atom. The summed E-state index contributed by atoms with van der Waals surface area (Å²) >= 11 is 0. The lowest BCUT2D eigenvalue weighted by atomic mass is 10.1. The van der Waals surface area contributed by atoms with Crippen LogP contribution in [0, 0.1) is 13.8 Å². The zero-order chi connectivity index (χ0) is 14.8. The standard InChI is InChI=1S/C14H24N2O3S/c1-10-13(9-15)14(11(2)19-10)20(17,18)16-12-7-5-3-4-6-8-12/h12,16H,3-9,15H2,1-2H3. The molecule has 0 aliphatic heterocycles. The van der Waals surface area contributed by atoms with Crippen molar-refractivity contribution in [3.05, 3.63) is 17.1 Å². The summed E-state index contributed by atoms with van der Waals surface area (Å²) in [6.07, 6.45) is 6.37. The molecule has 1 aliphatic carbocycles. The van der Waals surface area contributed by atoms with Crippen molar-refractivity contribution in [2.24, 2.45) is 5.73 Å². The number of nitrogens with two attached hydrogens (primary N) is 1. The predicted molar refractivity (Wildman–Crippen MR) is 77.9 cm³/mol. The molecule has 3 N–H and O–H groups in total. The van der Waals surface area contributed by atoms with Gasteiger partial charge in [-0.2, -0.15) is 0 Å². The lowest BCUT2D eigenvalue weighted by Crippen LogP contribution is -2.35. The molecule has 0 aromatic carbocycles. The zero-order valence-corrected chi connectivity index (χ0v) is 13.1. The van der Waals surface area contributed by atoms with E-state index < -0.39 is 10.0 Å². The van der Waals surface area contributed by atoms with Gasteiger partial charge in [-0.05, 0) is 26.7 Å². The molecule has 1 aromatic rings. The van der Waals surface area contributed by atoms with E-state index in [2.05, 4.69) is 4.72 Å². The highest BCUT2D eigenvalue weighted by atomic mass is 32.2. The Kier molecular flexibility index (Phi) is 4.88. The molecule has 1 aromatic heterocycles. The third kappa shape index (κ3) is 3.24. The van der Waals surface area contributed by atoms with Gasteiger partial charge < -0.3 is 10.2 Å². The summed E-state index contributed by atoms with van der Waals surface area (Å²) in [7, 11) is -3.55. The molecule has 2 rings (SSSR count). The Balaban J connectivity index is 2.26. The minimum absolute atomic E-state index is 0.0303. The lowest BCUT2D eigenvalue weighted by molar-refractivity contribution is 0.489. The fraction of sp³-hybridized carbons (Fsp3) is 0.714. The highest BCUT2D eigenvalue weighted by Gasteiger charge is 2.28. The minimum atomic E-state index is -3.55. The third-order valence-corrected chi connectivity index (χ3v) is 5.69. The van der Waals surface area contributed by atoms with Gasteiger partial charge >= 0.3 is 0 Å². The Morgan fingerprint density at radius 3 is 2.30 bits per heavy atom. The van der Waals surface area contributed by atoms with E-state index in [4.69, 9.17) is 10.2 Å². The number of aryl methyl sites for hydroxylation is 2. The number of furan rings is 1. The normalized spacial score (nSPS) is 18.1. The largest absolute Gasteiger partial charge is 0.465 e. The monoisotopic (exact) mass is 300 g/mol. The van der Waals surface area contributed by atoms with Crippen LogP contribution in [0.3, 0.4) is 0 Å². The van der Waals surface area contributed by atoms with E-state index >= 15 is 0 Å². The van der Waals surface area contributed by atoms with Gasteiger partial charge in [0.15, 0.2) is 0 Å². The molecular formula is C14H24N2O3S. The molecule has 1 heterocycles. The number of hydrogen-bond donors (Lipinski definition) is 2. The summed E-state index contributed by atoms with van der Waals surface area (Å²) < 4.78 is 33.5. The molecule has 20 heavy (non-hydrogen) atoms. The van der Waals surface area contributed by atoms with Crippen molar-refractivity contribution in [3.63, 3.8) is 0 Å². The van der Waals surface area contributed by atoms with E-state index in [-0.39, 0.29) is 17.5 Å². The highest BCUT2D eigenvalue weighted by Crippen LogP contribution is 2.27. The maximum atomic E-state index is 12.6.